The Labute approximate surface area is 196 Å². The van der Waals surface area contributed by atoms with Crippen LogP contribution >= 0.6 is 0 Å². The zero-order chi connectivity index (χ0) is 23.3. The number of nitrogens with zero attached hydrogens (tertiary/aromatic N) is 4. The van der Waals surface area contributed by atoms with Crippen molar-refractivity contribution in [2.24, 2.45) is 5.10 Å². The average Bonchev–Trinajstić information content (AvgIpc) is 3.32. The maximum atomic E-state index is 13.4. The van der Waals surface area contributed by atoms with E-state index in [0.29, 0.717) is 29.1 Å². The number of nitrogens with one attached hydrogen (secondary N) is 1. The molecule has 2 aromatic carbocycles. The molecule has 0 fully saturated rings. The Morgan fingerprint density at radius 1 is 0.971 bits per heavy atom. The highest BCUT2D eigenvalue weighted by molar-refractivity contribution is 6.04. The molecule has 0 radical (unpaired) electrons. The van der Waals surface area contributed by atoms with Crippen molar-refractivity contribution in [2.75, 3.05) is 5.32 Å². The summed E-state index contributed by atoms with van der Waals surface area (Å²) in [5.41, 5.74) is 2.51. The van der Waals surface area contributed by atoms with Gasteiger partial charge < -0.3 is 15.2 Å². The molecular weight excluding hydrogens is 430 g/mol. The van der Waals surface area contributed by atoms with Crippen molar-refractivity contribution in [1.29, 1.82) is 0 Å². The standard InChI is InChI=1S/C26H21N5O3/c32-24-13-5-4-11-20(24)23-16-22(18-8-6-14-27-17-18)30-31(23)26(33)29-21-12-7-15-28-25(21)34-19-9-2-1-3-10-19/h1-15,17,23,32H,16H2,(H,29,33). The summed E-state index contributed by atoms with van der Waals surface area (Å²) in [5.74, 6) is 0.959. The number of hydrogen-bond acceptors (Lipinski definition) is 6. The van der Waals surface area contributed by atoms with E-state index in [0.717, 1.165) is 5.56 Å². The number of rotatable bonds is 5. The number of hydrogen-bond donors (Lipinski definition) is 2. The third kappa shape index (κ3) is 4.42. The van der Waals surface area contributed by atoms with Crippen LogP contribution in [0.15, 0.2) is 103 Å². The van der Waals surface area contributed by atoms with Gasteiger partial charge in [-0.05, 0) is 36.4 Å². The van der Waals surface area contributed by atoms with E-state index >= 15 is 0 Å². The fourth-order valence-corrected chi connectivity index (χ4v) is 3.76. The van der Waals surface area contributed by atoms with E-state index in [1.807, 2.05) is 36.4 Å². The number of phenolic OH excluding ortho intramolecular Hbond substituents is 1. The van der Waals surface area contributed by atoms with E-state index in [1.165, 1.54) is 5.01 Å². The molecule has 0 saturated heterocycles. The van der Waals surface area contributed by atoms with Gasteiger partial charge >= 0.3 is 6.03 Å². The van der Waals surface area contributed by atoms with Gasteiger partial charge in [-0.3, -0.25) is 4.98 Å². The Morgan fingerprint density at radius 3 is 2.56 bits per heavy atom. The van der Waals surface area contributed by atoms with Gasteiger partial charge in [0.15, 0.2) is 0 Å². The molecule has 1 aliphatic rings. The van der Waals surface area contributed by atoms with Gasteiger partial charge in [-0.25, -0.2) is 14.8 Å². The highest BCUT2D eigenvalue weighted by Crippen LogP contribution is 2.37. The summed E-state index contributed by atoms with van der Waals surface area (Å²) >= 11 is 0. The van der Waals surface area contributed by atoms with Crippen LogP contribution in [0, 0.1) is 0 Å². The predicted octanol–water partition coefficient (Wildman–Crippen LogP) is 5.36. The van der Waals surface area contributed by atoms with Crippen molar-refractivity contribution < 1.29 is 14.6 Å². The smallest absolute Gasteiger partial charge is 0.343 e. The minimum absolute atomic E-state index is 0.0995. The maximum Gasteiger partial charge on any atom is 0.343 e. The Balaban J connectivity index is 1.45. The molecule has 4 aromatic rings. The first-order valence-corrected chi connectivity index (χ1v) is 10.7. The molecule has 2 N–H and O–H groups in total. The Bertz CT molecular complexity index is 1330. The lowest BCUT2D eigenvalue weighted by Crippen LogP contribution is -2.31. The van der Waals surface area contributed by atoms with Gasteiger partial charge in [0.05, 0.1) is 11.8 Å². The Hall–Kier alpha value is -4.72. The van der Waals surface area contributed by atoms with E-state index in [2.05, 4.69) is 20.4 Å². The lowest BCUT2D eigenvalue weighted by Gasteiger charge is -2.23. The number of anilines is 1. The number of para-hydroxylation sites is 2. The van der Waals surface area contributed by atoms with E-state index in [-0.39, 0.29) is 11.6 Å². The number of pyridine rings is 2. The molecule has 8 nitrogen and oxygen atoms in total. The summed E-state index contributed by atoms with van der Waals surface area (Å²) < 4.78 is 5.87. The number of hydrazone groups is 1. The number of ether oxygens (including phenoxy) is 1. The molecule has 0 spiro atoms. The molecule has 0 saturated carbocycles. The Morgan fingerprint density at radius 2 is 1.76 bits per heavy atom. The molecule has 3 heterocycles. The summed E-state index contributed by atoms with van der Waals surface area (Å²) in [7, 11) is 0. The zero-order valence-corrected chi connectivity index (χ0v) is 18.1. The van der Waals surface area contributed by atoms with Gasteiger partial charge in [0.25, 0.3) is 0 Å². The number of urea groups is 1. The van der Waals surface area contributed by atoms with Crippen molar-refractivity contribution in [3.63, 3.8) is 0 Å². The second kappa shape index (κ2) is 9.41. The molecular formula is C26H21N5O3. The van der Waals surface area contributed by atoms with Crippen molar-refractivity contribution in [3.8, 4) is 17.4 Å². The fraction of sp³-hybridized carbons (Fsp3) is 0.0769. The van der Waals surface area contributed by atoms with Crippen LogP contribution in [-0.2, 0) is 0 Å². The van der Waals surface area contributed by atoms with Crippen molar-refractivity contribution in [1.82, 2.24) is 15.0 Å². The summed E-state index contributed by atoms with van der Waals surface area (Å²) in [4.78, 5) is 21.8. The predicted molar refractivity (Wildman–Crippen MR) is 128 cm³/mol. The van der Waals surface area contributed by atoms with Gasteiger partial charge in [-0.1, -0.05) is 42.5 Å². The summed E-state index contributed by atoms with van der Waals surface area (Å²) in [5, 5.41) is 19.3. The molecule has 168 valence electrons. The van der Waals surface area contributed by atoms with Crippen LogP contribution in [0.25, 0.3) is 0 Å². The molecule has 0 bridgehead atoms. The monoisotopic (exact) mass is 451 g/mol. The van der Waals surface area contributed by atoms with Crippen LogP contribution in [0.5, 0.6) is 17.4 Å². The molecule has 2 aromatic heterocycles. The van der Waals surface area contributed by atoms with Crippen LogP contribution in [0.1, 0.15) is 23.6 Å². The van der Waals surface area contributed by atoms with Crippen molar-refractivity contribution in [2.45, 2.75) is 12.5 Å². The number of amides is 2. The van der Waals surface area contributed by atoms with Crippen LogP contribution in [-0.4, -0.2) is 31.8 Å². The van der Waals surface area contributed by atoms with Gasteiger partial charge in [-0.15, -0.1) is 0 Å². The second-order valence-electron chi connectivity index (χ2n) is 7.61. The molecule has 0 aliphatic carbocycles. The number of aromatic hydroxyl groups is 1. The fourth-order valence-electron chi connectivity index (χ4n) is 3.76. The van der Waals surface area contributed by atoms with Crippen LogP contribution in [0.3, 0.4) is 0 Å². The summed E-state index contributed by atoms with van der Waals surface area (Å²) in [6.07, 6.45) is 5.40. The van der Waals surface area contributed by atoms with Crippen molar-refractivity contribution in [3.05, 3.63) is 109 Å². The molecule has 34 heavy (non-hydrogen) atoms. The molecule has 2 amide bonds. The number of carbonyl (C=O) groups is 1. The van der Waals surface area contributed by atoms with Crippen LogP contribution in [0.2, 0.25) is 0 Å². The largest absolute Gasteiger partial charge is 0.508 e. The third-order valence-corrected chi connectivity index (χ3v) is 5.38. The first-order valence-electron chi connectivity index (χ1n) is 10.7. The topological polar surface area (TPSA) is 99.9 Å². The number of phenols is 1. The average molecular weight is 451 g/mol. The van der Waals surface area contributed by atoms with Crippen molar-refractivity contribution >= 4 is 17.4 Å². The van der Waals surface area contributed by atoms with Gasteiger partial charge in [0.1, 0.15) is 17.2 Å². The lowest BCUT2D eigenvalue weighted by atomic mass is 9.98. The molecule has 1 unspecified atom stereocenters. The van der Waals surface area contributed by atoms with Gasteiger partial charge in [0.2, 0.25) is 5.88 Å². The molecule has 1 aliphatic heterocycles. The maximum absolute atomic E-state index is 13.4. The molecule has 5 rings (SSSR count). The van der Waals surface area contributed by atoms with Crippen LogP contribution < -0.4 is 10.1 Å². The van der Waals surface area contributed by atoms with Crippen LogP contribution in [0.4, 0.5) is 10.5 Å². The van der Waals surface area contributed by atoms with Gasteiger partial charge in [-0.2, -0.15) is 5.10 Å². The normalized spacial score (nSPS) is 15.0. The number of benzene rings is 2. The highest BCUT2D eigenvalue weighted by Gasteiger charge is 2.35. The summed E-state index contributed by atoms with van der Waals surface area (Å²) in [6, 6.07) is 22.3. The quantitative estimate of drug-likeness (QED) is 0.426. The Kier molecular flexibility index (Phi) is 5.85. The number of aromatic nitrogens is 2. The minimum Gasteiger partial charge on any atom is -0.508 e. The second-order valence-corrected chi connectivity index (χ2v) is 7.61. The van der Waals surface area contributed by atoms with Gasteiger partial charge in [0, 0.05) is 36.1 Å². The molecule has 1 atom stereocenters. The number of carbonyl (C=O) groups excluding carboxylic acids is 1. The SMILES string of the molecule is O=C(Nc1cccnc1Oc1ccccc1)N1N=C(c2cccnc2)CC1c1ccccc1O. The summed E-state index contributed by atoms with van der Waals surface area (Å²) in [6.45, 7) is 0. The lowest BCUT2D eigenvalue weighted by molar-refractivity contribution is 0.199. The zero-order valence-electron chi connectivity index (χ0n) is 18.1. The van der Waals surface area contributed by atoms with E-state index in [1.54, 1.807) is 61.1 Å². The highest BCUT2D eigenvalue weighted by atomic mass is 16.5. The van der Waals surface area contributed by atoms with E-state index in [9.17, 15) is 9.90 Å². The third-order valence-electron chi connectivity index (χ3n) is 5.38. The van der Waals surface area contributed by atoms with E-state index in [4.69, 9.17) is 4.74 Å². The first-order chi connectivity index (χ1) is 16.7. The minimum atomic E-state index is -0.494. The molecule has 8 heteroatoms. The van der Waals surface area contributed by atoms with E-state index < -0.39 is 12.1 Å². The first kappa shape index (κ1) is 21.1.